The summed E-state index contributed by atoms with van der Waals surface area (Å²) in [7, 11) is 3.32. The van der Waals surface area contributed by atoms with Gasteiger partial charge in [-0.2, -0.15) is 0 Å². The summed E-state index contributed by atoms with van der Waals surface area (Å²) >= 11 is 0. The van der Waals surface area contributed by atoms with Crippen molar-refractivity contribution in [1.82, 2.24) is 14.9 Å². The maximum atomic E-state index is 5.43. The van der Waals surface area contributed by atoms with E-state index in [-0.39, 0.29) is 0 Å². The second-order valence-electron chi connectivity index (χ2n) is 5.15. The van der Waals surface area contributed by atoms with Crippen LogP contribution in [-0.4, -0.2) is 30.3 Å². The highest BCUT2D eigenvalue weighted by molar-refractivity contribution is 5.46. The van der Waals surface area contributed by atoms with Gasteiger partial charge in [-0.05, 0) is 18.5 Å². The fourth-order valence-corrected chi connectivity index (χ4v) is 2.37. The number of aromatic nitrogens is 2. The molecule has 0 bridgehead atoms. The van der Waals surface area contributed by atoms with Gasteiger partial charge in [-0.25, -0.2) is 4.98 Å². The van der Waals surface area contributed by atoms with E-state index in [1.54, 1.807) is 20.4 Å². The summed E-state index contributed by atoms with van der Waals surface area (Å²) in [5.41, 5.74) is 1.10. The fraction of sp³-hybridized carbons (Fsp3) is 0.438. The normalized spacial score (nSPS) is 12.1. The van der Waals surface area contributed by atoms with Crippen molar-refractivity contribution in [3.63, 3.8) is 0 Å². The Morgan fingerprint density at radius 2 is 2.14 bits per heavy atom. The van der Waals surface area contributed by atoms with Crippen LogP contribution in [0.25, 0.3) is 0 Å². The Hall–Kier alpha value is -2.01. The zero-order valence-corrected chi connectivity index (χ0v) is 12.9. The van der Waals surface area contributed by atoms with E-state index in [4.69, 9.17) is 9.47 Å². The highest BCUT2D eigenvalue weighted by Crippen LogP contribution is 2.30. The SMILES string of the molecule is COc1cccc(CNCC(C)Cn2ccnc2)c1OC. The van der Waals surface area contributed by atoms with Crippen LogP contribution in [0.5, 0.6) is 11.5 Å². The van der Waals surface area contributed by atoms with E-state index >= 15 is 0 Å². The number of nitrogens with one attached hydrogen (secondary N) is 1. The van der Waals surface area contributed by atoms with Crippen LogP contribution in [0.2, 0.25) is 0 Å². The molecule has 0 radical (unpaired) electrons. The molecule has 0 aliphatic carbocycles. The van der Waals surface area contributed by atoms with Crippen LogP contribution in [0.1, 0.15) is 12.5 Å². The number of nitrogens with zero attached hydrogens (tertiary/aromatic N) is 2. The monoisotopic (exact) mass is 289 g/mol. The lowest BCUT2D eigenvalue weighted by Crippen LogP contribution is -2.23. The van der Waals surface area contributed by atoms with Crippen molar-refractivity contribution in [3.8, 4) is 11.5 Å². The van der Waals surface area contributed by atoms with Gasteiger partial charge in [0.25, 0.3) is 0 Å². The maximum absolute atomic E-state index is 5.43. The Morgan fingerprint density at radius 1 is 1.29 bits per heavy atom. The first kappa shape index (κ1) is 15.4. The van der Waals surface area contributed by atoms with Gasteiger partial charge in [0.15, 0.2) is 11.5 Å². The third kappa shape index (κ3) is 4.23. The lowest BCUT2D eigenvalue weighted by atomic mass is 10.1. The van der Waals surface area contributed by atoms with Crippen molar-refractivity contribution in [2.75, 3.05) is 20.8 Å². The Labute approximate surface area is 125 Å². The van der Waals surface area contributed by atoms with Crippen molar-refractivity contribution in [1.29, 1.82) is 0 Å². The van der Waals surface area contributed by atoms with E-state index in [0.29, 0.717) is 5.92 Å². The molecule has 1 aromatic heterocycles. The van der Waals surface area contributed by atoms with Gasteiger partial charge in [0.2, 0.25) is 0 Å². The van der Waals surface area contributed by atoms with Crippen molar-refractivity contribution in [2.24, 2.45) is 5.92 Å². The summed E-state index contributed by atoms with van der Waals surface area (Å²) in [6.45, 7) is 4.87. The molecule has 0 saturated carbocycles. The molecule has 1 N–H and O–H groups in total. The zero-order chi connectivity index (χ0) is 15.1. The van der Waals surface area contributed by atoms with E-state index in [1.165, 1.54) is 0 Å². The first-order valence-electron chi connectivity index (χ1n) is 7.11. The molecule has 0 saturated heterocycles. The molecule has 0 aliphatic heterocycles. The number of hydrogen-bond donors (Lipinski definition) is 1. The first-order chi connectivity index (χ1) is 10.2. The van der Waals surface area contributed by atoms with Gasteiger partial charge in [0.1, 0.15) is 0 Å². The number of rotatable bonds is 8. The minimum absolute atomic E-state index is 0.524. The molecule has 1 aromatic carbocycles. The van der Waals surface area contributed by atoms with Gasteiger partial charge in [-0.3, -0.25) is 0 Å². The molecule has 2 aromatic rings. The molecule has 1 atom stereocenters. The second-order valence-corrected chi connectivity index (χ2v) is 5.15. The standard InChI is InChI=1S/C16H23N3O2/c1-13(11-19-8-7-17-12-19)9-18-10-14-5-4-6-15(20-2)16(14)21-3/h4-8,12-13,18H,9-11H2,1-3H3. The van der Waals surface area contributed by atoms with Gasteiger partial charge in [-0.1, -0.05) is 19.1 Å². The van der Waals surface area contributed by atoms with Crippen molar-refractivity contribution in [3.05, 3.63) is 42.5 Å². The number of ether oxygens (including phenoxy) is 2. The summed E-state index contributed by atoms with van der Waals surface area (Å²) in [6.07, 6.45) is 5.64. The second kappa shape index (κ2) is 7.69. The summed E-state index contributed by atoms with van der Waals surface area (Å²) in [4.78, 5) is 4.06. The fourth-order valence-electron chi connectivity index (χ4n) is 2.37. The number of methoxy groups -OCH3 is 2. The Bertz CT molecular complexity index is 540. The Morgan fingerprint density at radius 3 is 2.81 bits per heavy atom. The highest BCUT2D eigenvalue weighted by atomic mass is 16.5. The Balaban J connectivity index is 1.85. The molecular weight excluding hydrogens is 266 g/mol. The first-order valence-corrected chi connectivity index (χ1v) is 7.11. The number of hydrogen-bond acceptors (Lipinski definition) is 4. The summed E-state index contributed by atoms with van der Waals surface area (Å²) in [6, 6.07) is 5.94. The molecule has 1 unspecified atom stereocenters. The van der Waals surface area contributed by atoms with Crippen LogP contribution in [0.3, 0.4) is 0 Å². The molecule has 0 aliphatic rings. The molecule has 5 heteroatoms. The van der Waals surface area contributed by atoms with Gasteiger partial charge in [-0.15, -0.1) is 0 Å². The maximum Gasteiger partial charge on any atom is 0.165 e. The van der Waals surface area contributed by atoms with Gasteiger partial charge in [0.05, 0.1) is 20.5 Å². The van der Waals surface area contributed by atoms with E-state index in [2.05, 4.69) is 27.9 Å². The molecule has 21 heavy (non-hydrogen) atoms. The molecular formula is C16H23N3O2. The average molecular weight is 289 g/mol. The topological polar surface area (TPSA) is 48.3 Å². The highest BCUT2D eigenvalue weighted by Gasteiger charge is 2.09. The minimum Gasteiger partial charge on any atom is -0.493 e. The van der Waals surface area contributed by atoms with E-state index < -0.39 is 0 Å². The van der Waals surface area contributed by atoms with Crippen LogP contribution in [0.15, 0.2) is 36.9 Å². The smallest absolute Gasteiger partial charge is 0.165 e. The quantitative estimate of drug-likeness (QED) is 0.810. The summed E-state index contributed by atoms with van der Waals surface area (Å²) < 4.78 is 12.8. The van der Waals surface area contributed by atoms with Crippen molar-refractivity contribution in [2.45, 2.75) is 20.0 Å². The molecule has 1 heterocycles. The average Bonchev–Trinajstić information content (AvgIpc) is 2.99. The molecule has 0 amide bonds. The van der Waals surface area contributed by atoms with Crippen LogP contribution in [0, 0.1) is 5.92 Å². The van der Waals surface area contributed by atoms with Gasteiger partial charge in [0, 0.05) is 31.0 Å². The lowest BCUT2D eigenvalue weighted by Gasteiger charge is -2.15. The van der Waals surface area contributed by atoms with Crippen LogP contribution in [-0.2, 0) is 13.1 Å². The van der Waals surface area contributed by atoms with E-state index in [1.807, 2.05) is 24.7 Å². The predicted molar refractivity (Wildman–Crippen MR) is 82.6 cm³/mol. The largest absolute Gasteiger partial charge is 0.493 e. The van der Waals surface area contributed by atoms with Gasteiger partial charge >= 0.3 is 0 Å². The Kier molecular flexibility index (Phi) is 5.63. The summed E-state index contributed by atoms with van der Waals surface area (Å²) in [5.74, 6) is 2.09. The molecule has 114 valence electrons. The number of imidazole rings is 1. The van der Waals surface area contributed by atoms with Crippen LogP contribution < -0.4 is 14.8 Å². The molecule has 0 spiro atoms. The van der Waals surface area contributed by atoms with Crippen molar-refractivity contribution < 1.29 is 9.47 Å². The van der Waals surface area contributed by atoms with Crippen LogP contribution >= 0.6 is 0 Å². The third-order valence-electron chi connectivity index (χ3n) is 3.37. The number of para-hydroxylation sites is 1. The van der Waals surface area contributed by atoms with Gasteiger partial charge < -0.3 is 19.4 Å². The third-order valence-corrected chi connectivity index (χ3v) is 3.37. The minimum atomic E-state index is 0.524. The van der Waals surface area contributed by atoms with Crippen LogP contribution in [0.4, 0.5) is 0 Å². The van der Waals surface area contributed by atoms with E-state index in [0.717, 1.165) is 36.7 Å². The molecule has 0 fully saturated rings. The lowest BCUT2D eigenvalue weighted by molar-refractivity contribution is 0.349. The van der Waals surface area contributed by atoms with Crippen molar-refractivity contribution >= 4 is 0 Å². The van der Waals surface area contributed by atoms with E-state index in [9.17, 15) is 0 Å². The summed E-state index contributed by atoms with van der Waals surface area (Å²) in [5, 5.41) is 3.47. The molecule has 2 rings (SSSR count). The number of benzene rings is 1. The molecule has 5 nitrogen and oxygen atoms in total. The zero-order valence-electron chi connectivity index (χ0n) is 12.9. The predicted octanol–water partition coefficient (Wildman–Crippen LogP) is 2.33.